The normalized spacial score (nSPS) is 17.2. The lowest BCUT2D eigenvalue weighted by molar-refractivity contribution is 0.225. The van der Waals surface area contributed by atoms with Crippen molar-refractivity contribution in [3.8, 4) is 0 Å². The Balaban J connectivity index is 1.60. The molecule has 0 bridgehead atoms. The third-order valence-corrected chi connectivity index (χ3v) is 3.55. The zero-order valence-electron chi connectivity index (χ0n) is 10.5. The number of unbranched alkanes of at least 4 members (excludes halogenated alkanes) is 1. The van der Waals surface area contributed by atoms with Gasteiger partial charge >= 0.3 is 0 Å². The maximum Gasteiger partial charge on any atom is 0.123 e. The number of piperidine rings is 1. The van der Waals surface area contributed by atoms with Crippen LogP contribution in [-0.2, 0) is 6.42 Å². The molecule has 1 nitrogen and oxygen atoms in total. The second-order valence-corrected chi connectivity index (χ2v) is 4.99. The van der Waals surface area contributed by atoms with Crippen molar-refractivity contribution in [2.75, 3.05) is 19.6 Å². The van der Waals surface area contributed by atoms with Crippen molar-refractivity contribution in [1.82, 2.24) is 4.90 Å². The van der Waals surface area contributed by atoms with Gasteiger partial charge in [-0.2, -0.15) is 0 Å². The van der Waals surface area contributed by atoms with Crippen LogP contribution in [0.2, 0.25) is 0 Å². The first kappa shape index (κ1) is 12.6. The van der Waals surface area contributed by atoms with Gasteiger partial charge in [-0.25, -0.2) is 4.39 Å². The Bertz CT molecular complexity index is 314. The number of halogens is 1. The molecule has 0 saturated carbocycles. The van der Waals surface area contributed by atoms with Gasteiger partial charge in [-0.15, -0.1) is 0 Å². The molecular formula is C15H22FN. The minimum Gasteiger partial charge on any atom is -0.303 e. The third-order valence-electron chi connectivity index (χ3n) is 3.55. The van der Waals surface area contributed by atoms with Crippen molar-refractivity contribution in [3.63, 3.8) is 0 Å². The monoisotopic (exact) mass is 235 g/mol. The van der Waals surface area contributed by atoms with Crippen LogP contribution in [0.15, 0.2) is 24.3 Å². The number of hydrogen-bond acceptors (Lipinski definition) is 1. The first-order valence-electron chi connectivity index (χ1n) is 6.81. The first-order valence-corrected chi connectivity index (χ1v) is 6.81. The quantitative estimate of drug-likeness (QED) is 0.704. The summed E-state index contributed by atoms with van der Waals surface area (Å²) in [6.07, 6.45) is 7.70. The average Bonchev–Trinajstić information content (AvgIpc) is 2.38. The Morgan fingerprint density at radius 3 is 2.35 bits per heavy atom. The molecule has 2 heteroatoms. The van der Waals surface area contributed by atoms with E-state index >= 15 is 0 Å². The molecule has 0 unspecified atom stereocenters. The van der Waals surface area contributed by atoms with E-state index in [9.17, 15) is 4.39 Å². The molecule has 17 heavy (non-hydrogen) atoms. The molecule has 1 heterocycles. The van der Waals surface area contributed by atoms with Gasteiger partial charge in [-0.1, -0.05) is 18.6 Å². The first-order chi connectivity index (χ1) is 8.34. The summed E-state index contributed by atoms with van der Waals surface area (Å²) < 4.78 is 12.7. The summed E-state index contributed by atoms with van der Waals surface area (Å²) in [5.41, 5.74) is 1.25. The van der Waals surface area contributed by atoms with Crippen molar-refractivity contribution >= 4 is 0 Å². The highest BCUT2D eigenvalue weighted by Crippen LogP contribution is 2.11. The Morgan fingerprint density at radius 2 is 1.65 bits per heavy atom. The lowest BCUT2D eigenvalue weighted by atomic mass is 10.1. The summed E-state index contributed by atoms with van der Waals surface area (Å²) >= 11 is 0. The summed E-state index contributed by atoms with van der Waals surface area (Å²) in [7, 11) is 0. The summed E-state index contributed by atoms with van der Waals surface area (Å²) in [5.74, 6) is -0.137. The van der Waals surface area contributed by atoms with Gasteiger partial charge in [0, 0.05) is 0 Å². The topological polar surface area (TPSA) is 3.24 Å². The summed E-state index contributed by atoms with van der Waals surface area (Å²) in [5, 5.41) is 0. The van der Waals surface area contributed by atoms with E-state index in [1.54, 1.807) is 12.1 Å². The van der Waals surface area contributed by atoms with E-state index in [-0.39, 0.29) is 5.82 Å². The Morgan fingerprint density at radius 1 is 0.941 bits per heavy atom. The molecule has 0 spiro atoms. The molecular weight excluding hydrogens is 213 g/mol. The lowest BCUT2D eigenvalue weighted by Crippen LogP contribution is -2.30. The molecule has 1 aliphatic rings. The van der Waals surface area contributed by atoms with Gasteiger partial charge < -0.3 is 4.90 Å². The zero-order chi connectivity index (χ0) is 11.9. The molecule has 0 atom stereocenters. The standard InChI is InChI=1S/C15H22FN/c16-15-9-7-14(8-10-15)6-2-5-13-17-11-3-1-4-12-17/h7-10H,1-6,11-13H2. The summed E-state index contributed by atoms with van der Waals surface area (Å²) in [6.45, 7) is 3.81. The molecule has 1 aromatic rings. The van der Waals surface area contributed by atoms with E-state index in [2.05, 4.69) is 4.90 Å². The van der Waals surface area contributed by atoms with Gasteiger partial charge in [0.2, 0.25) is 0 Å². The van der Waals surface area contributed by atoms with Gasteiger partial charge in [0.1, 0.15) is 5.82 Å². The van der Waals surface area contributed by atoms with Crippen LogP contribution in [0.4, 0.5) is 4.39 Å². The highest BCUT2D eigenvalue weighted by Gasteiger charge is 2.08. The number of likely N-dealkylation sites (tertiary alicyclic amines) is 1. The van der Waals surface area contributed by atoms with E-state index < -0.39 is 0 Å². The Hall–Kier alpha value is -0.890. The van der Waals surface area contributed by atoms with Crippen LogP contribution >= 0.6 is 0 Å². The van der Waals surface area contributed by atoms with Gasteiger partial charge in [-0.05, 0) is 69.4 Å². The van der Waals surface area contributed by atoms with E-state index in [1.807, 2.05) is 12.1 Å². The van der Waals surface area contributed by atoms with Gasteiger partial charge in [0.05, 0.1) is 0 Å². The Kier molecular flexibility index (Phi) is 4.99. The number of hydrogen-bond donors (Lipinski definition) is 0. The van der Waals surface area contributed by atoms with Gasteiger partial charge in [0.15, 0.2) is 0 Å². The van der Waals surface area contributed by atoms with Crippen LogP contribution < -0.4 is 0 Å². The van der Waals surface area contributed by atoms with Gasteiger partial charge in [-0.3, -0.25) is 0 Å². The summed E-state index contributed by atoms with van der Waals surface area (Å²) in [4.78, 5) is 2.58. The predicted octanol–water partition coefficient (Wildman–Crippen LogP) is 3.63. The van der Waals surface area contributed by atoms with Crippen LogP contribution in [0.1, 0.15) is 37.7 Å². The maximum atomic E-state index is 12.7. The second-order valence-electron chi connectivity index (χ2n) is 4.99. The van der Waals surface area contributed by atoms with Crippen molar-refractivity contribution < 1.29 is 4.39 Å². The van der Waals surface area contributed by atoms with E-state index in [1.165, 1.54) is 57.3 Å². The predicted molar refractivity (Wildman–Crippen MR) is 69.6 cm³/mol. The fourth-order valence-electron chi connectivity index (χ4n) is 2.50. The van der Waals surface area contributed by atoms with E-state index in [0.717, 1.165) is 6.42 Å². The molecule has 0 amide bonds. The van der Waals surface area contributed by atoms with Crippen LogP contribution in [0.25, 0.3) is 0 Å². The largest absolute Gasteiger partial charge is 0.303 e. The van der Waals surface area contributed by atoms with Crippen molar-refractivity contribution in [2.24, 2.45) is 0 Å². The third kappa shape index (κ3) is 4.47. The fourth-order valence-corrected chi connectivity index (χ4v) is 2.50. The average molecular weight is 235 g/mol. The van der Waals surface area contributed by atoms with Crippen LogP contribution in [0, 0.1) is 5.82 Å². The van der Waals surface area contributed by atoms with Crippen LogP contribution in [0.3, 0.4) is 0 Å². The summed E-state index contributed by atoms with van der Waals surface area (Å²) in [6, 6.07) is 6.91. The highest BCUT2D eigenvalue weighted by molar-refractivity contribution is 5.15. The van der Waals surface area contributed by atoms with Crippen molar-refractivity contribution in [2.45, 2.75) is 38.5 Å². The fraction of sp³-hybridized carbons (Fsp3) is 0.600. The molecule has 2 rings (SSSR count). The molecule has 0 aliphatic carbocycles. The SMILES string of the molecule is Fc1ccc(CCCCN2CCCCC2)cc1. The van der Waals surface area contributed by atoms with Crippen LogP contribution in [0.5, 0.6) is 0 Å². The molecule has 1 saturated heterocycles. The van der Waals surface area contributed by atoms with Crippen molar-refractivity contribution in [1.29, 1.82) is 0 Å². The lowest BCUT2D eigenvalue weighted by Gasteiger charge is -2.26. The number of nitrogens with zero attached hydrogens (tertiary/aromatic N) is 1. The molecule has 94 valence electrons. The molecule has 1 aliphatic heterocycles. The molecule has 0 aromatic heterocycles. The minimum absolute atomic E-state index is 0.137. The highest BCUT2D eigenvalue weighted by atomic mass is 19.1. The van der Waals surface area contributed by atoms with Gasteiger partial charge in [0.25, 0.3) is 0 Å². The van der Waals surface area contributed by atoms with E-state index in [4.69, 9.17) is 0 Å². The molecule has 1 aromatic carbocycles. The number of rotatable bonds is 5. The number of aryl methyl sites for hydroxylation is 1. The second kappa shape index (κ2) is 6.75. The number of benzene rings is 1. The zero-order valence-corrected chi connectivity index (χ0v) is 10.5. The van der Waals surface area contributed by atoms with E-state index in [0.29, 0.717) is 0 Å². The molecule has 0 radical (unpaired) electrons. The minimum atomic E-state index is -0.137. The smallest absolute Gasteiger partial charge is 0.123 e. The Labute approximate surface area is 104 Å². The molecule has 0 N–H and O–H groups in total. The van der Waals surface area contributed by atoms with Crippen LogP contribution in [-0.4, -0.2) is 24.5 Å². The van der Waals surface area contributed by atoms with Crippen molar-refractivity contribution in [3.05, 3.63) is 35.6 Å². The molecule has 1 fully saturated rings. The maximum absolute atomic E-state index is 12.7.